The van der Waals surface area contributed by atoms with Crippen molar-refractivity contribution in [2.24, 2.45) is 5.73 Å². The topological polar surface area (TPSA) is 95.7 Å². The molecule has 0 aromatic heterocycles. The van der Waals surface area contributed by atoms with E-state index in [1.165, 1.54) is 0 Å². The number of nitrogens with two attached hydrogens (primary N) is 1. The van der Waals surface area contributed by atoms with E-state index < -0.39 is 117 Å². The van der Waals surface area contributed by atoms with E-state index >= 15 is 0 Å². The molecule has 1 heterocycles. The van der Waals surface area contributed by atoms with Gasteiger partial charge in [0.15, 0.2) is 6.10 Å². The van der Waals surface area contributed by atoms with Crippen LogP contribution in [-0.4, -0.2) is 14.2 Å². The Morgan fingerprint density at radius 2 is 1.75 bits per heavy atom. The molecule has 0 spiro atoms. The first-order valence-corrected chi connectivity index (χ1v) is 8.39. The fraction of sp³-hybridized carbons (Fsp3) is 0.167. The average Bonchev–Trinajstić information content (AvgIpc) is 3.07. The molecule has 1 unspecified atom stereocenters. The second kappa shape index (κ2) is 7.19. The Hall–Kier alpha value is -3.01. The van der Waals surface area contributed by atoms with E-state index in [1.54, 1.807) is 0 Å². The summed E-state index contributed by atoms with van der Waals surface area (Å²) in [5.74, 6) is -4.30. The van der Waals surface area contributed by atoms with Crippen molar-refractivity contribution in [2.45, 2.75) is 18.0 Å². The summed E-state index contributed by atoms with van der Waals surface area (Å²) in [7, 11) is -5.81. The average molecular weight is 424 g/mol. The first-order chi connectivity index (χ1) is 17.6. The summed E-state index contributed by atoms with van der Waals surface area (Å²) in [4.78, 5) is 12.9. The van der Waals surface area contributed by atoms with Crippen molar-refractivity contribution in [3.05, 3.63) is 82.7 Å². The van der Waals surface area contributed by atoms with Crippen molar-refractivity contribution in [2.75, 3.05) is 0 Å². The van der Waals surface area contributed by atoms with Gasteiger partial charge in [0.2, 0.25) is 17.4 Å². The van der Waals surface area contributed by atoms with Crippen LogP contribution in [0.15, 0.2) is 66.0 Å². The van der Waals surface area contributed by atoms with E-state index in [0.717, 1.165) is 0 Å². The normalized spacial score (nSPS) is 23.6. The van der Waals surface area contributed by atoms with E-state index in [-0.39, 0.29) is 0 Å². The molecular formula is C18H14F3NO5S. The molecule has 0 amide bonds. The van der Waals surface area contributed by atoms with Crippen LogP contribution >= 0.6 is 0 Å². The van der Waals surface area contributed by atoms with Gasteiger partial charge in [0.1, 0.15) is 5.70 Å². The molecule has 28 heavy (non-hydrogen) atoms. The number of hydrogen-bond donors (Lipinski definition) is 1. The molecule has 2 N–H and O–H groups in total. The second-order valence-corrected chi connectivity index (χ2v) is 6.26. The van der Waals surface area contributed by atoms with Gasteiger partial charge in [0, 0.05) is 5.56 Å². The Labute approximate surface area is 173 Å². The molecule has 0 saturated carbocycles. The SMILES string of the molecule is [2H]c1c([2H])c([2H])c(C([2H])([2H])S(=O)(=O)OC2=C(N)OC(c3c([2H])c([2H])c(C(F)(F)F)c([2H])c3[2H])C2=O)c([2H])c1[2H]. The van der Waals surface area contributed by atoms with Crippen LogP contribution in [0.1, 0.15) is 37.9 Å². The lowest BCUT2D eigenvalue weighted by molar-refractivity contribution is -0.137. The molecule has 0 aliphatic carbocycles. The number of ketones is 1. The summed E-state index contributed by atoms with van der Waals surface area (Å²) in [6, 6.07) is -11.6. The van der Waals surface area contributed by atoms with Gasteiger partial charge < -0.3 is 14.7 Å². The summed E-state index contributed by atoms with van der Waals surface area (Å²) < 4.78 is 160. The number of carbonyl (C=O) groups is 1. The predicted molar refractivity (Wildman–Crippen MR) is 91.6 cm³/mol. The second-order valence-electron chi connectivity index (χ2n) is 4.98. The third-order valence-electron chi connectivity index (χ3n) is 3.04. The quantitative estimate of drug-likeness (QED) is 0.742. The maximum absolute atomic E-state index is 13.2. The van der Waals surface area contributed by atoms with Crippen molar-refractivity contribution in [3.63, 3.8) is 0 Å². The van der Waals surface area contributed by atoms with Crippen LogP contribution in [0, 0.1) is 0 Å². The van der Waals surface area contributed by atoms with Crippen molar-refractivity contribution < 1.29 is 50.4 Å². The van der Waals surface area contributed by atoms with E-state index in [2.05, 4.69) is 4.18 Å². The summed E-state index contributed by atoms with van der Waals surface area (Å²) >= 11 is 0. The summed E-state index contributed by atoms with van der Waals surface area (Å²) in [6.07, 6.45) is -7.65. The number of carbonyl (C=O) groups excluding carboxylic acids is 1. The van der Waals surface area contributed by atoms with Crippen molar-refractivity contribution in [3.8, 4) is 0 Å². The van der Waals surface area contributed by atoms with Crippen LogP contribution in [0.2, 0.25) is 0 Å². The Balaban J connectivity index is 2.08. The number of benzene rings is 2. The van der Waals surface area contributed by atoms with Crippen molar-refractivity contribution in [1.29, 1.82) is 0 Å². The largest absolute Gasteiger partial charge is 0.460 e. The molecule has 0 saturated heterocycles. The standard InChI is InChI=1S/C18H14F3NO5S/c19-18(20,21)13-8-6-12(7-9-13)15-14(23)16(17(22)26-15)27-28(24,25)10-11-4-2-1-3-5-11/h1-9,15H,10,22H2/i1D,2D,3D,4D,5D,6D,7D,8D,9D,10D2. The number of ether oxygens (including phenoxy) is 1. The maximum atomic E-state index is 13.2. The first kappa shape index (κ1) is 9.97. The molecule has 148 valence electrons. The molecule has 2 aromatic carbocycles. The zero-order valence-corrected chi connectivity index (χ0v) is 14.1. The van der Waals surface area contributed by atoms with Crippen LogP contribution < -0.4 is 5.73 Å². The summed E-state index contributed by atoms with van der Waals surface area (Å²) in [5.41, 5.74) is -2.84. The fourth-order valence-corrected chi connectivity index (χ4v) is 2.68. The number of Topliss-reactive ketones (excluding diaryl/α,β-unsaturated/α-hetero) is 1. The van der Waals surface area contributed by atoms with E-state index in [4.69, 9.17) is 25.5 Å². The third-order valence-corrected chi connectivity index (χ3v) is 3.88. The fourth-order valence-electron chi connectivity index (χ4n) is 1.90. The lowest BCUT2D eigenvalue weighted by Crippen LogP contribution is -2.16. The molecule has 1 aliphatic heterocycles. The Kier molecular flexibility index (Phi) is 2.56. The molecule has 1 aliphatic rings. The smallest absolute Gasteiger partial charge is 0.416 e. The minimum Gasteiger partial charge on any atom is -0.460 e. The monoisotopic (exact) mass is 424 g/mol. The first-order valence-electron chi connectivity index (χ1n) is 12.5. The van der Waals surface area contributed by atoms with Gasteiger partial charge in [-0.3, -0.25) is 4.79 Å². The maximum Gasteiger partial charge on any atom is 0.416 e. The Morgan fingerprint density at radius 3 is 2.32 bits per heavy atom. The van der Waals surface area contributed by atoms with Crippen LogP contribution in [0.25, 0.3) is 0 Å². The minimum atomic E-state index is -5.81. The molecule has 0 bridgehead atoms. The Bertz CT molecular complexity index is 1520. The van der Waals surface area contributed by atoms with Gasteiger partial charge >= 0.3 is 16.3 Å². The highest BCUT2D eigenvalue weighted by molar-refractivity contribution is 7.86. The molecule has 6 nitrogen and oxygen atoms in total. The molecule has 2 aromatic rings. The van der Waals surface area contributed by atoms with Gasteiger partial charge in [-0.2, -0.15) is 21.6 Å². The van der Waals surface area contributed by atoms with Crippen molar-refractivity contribution >= 4 is 15.9 Å². The zero-order valence-electron chi connectivity index (χ0n) is 24.2. The predicted octanol–water partition coefficient (Wildman–Crippen LogP) is 3.02. The van der Waals surface area contributed by atoms with E-state index in [1.807, 2.05) is 0 Å². The van der Waals surface area contributed by atoms with Gasteiger partial charge in [-0.25, -0.2) is 0 Å². The number of rotatable bonds is 5. The van der Waals surface area contributed by atoms with Crippen molar-refractivity contribution in [1.82, 2.24) is 0 Å². The molecule has 0 fully saturated rings. The van der Waals surface area contributed by atoms with Crippen LogP contribution in [0.4, 0.5) is 13.2 Å². The molecule has 1 atom stereocenters. The van der Waals surface area contributed by atoms with Gasteiger partial charge in [-0.05, 0) is 17.6 Å². The zero-order chi connectivity index (χ0) is 30.2. The van der Waals surface area contributed by atoms with Gasteiger partial charge in [0.25, 0.3) is 0 Å². The lowest BCUT2D eigenvalue weighted by Gasteiger charge is -2.12. The van der Waals surface area contributed by atoms with Gasteiger partial charge in [-0.1, -0.05) is 42.3 Å². The summed E-state index contributed by atoms with van der Waals surface area (Å²) in [6.45, 7) is 0. The highest BCUT2D eigenvalue weighted by Gasteiger charge is 2.40. The molecule has 0 radical (unpaired) electrons. The van der Waals surface area contributed by atoms with Gasteiger partial charge in [0.05, 0.1) is 20.6 Å². The van der Waals surface area contributed by atoms with Crippen LogP contribution in [0.5, 0.6) is 0 Å². The third kappa shape index (κ3) is 4.28. The Morgan fingerprint density at radius 1 is 1.14 bits per heavy atom. The number of hydrogen-bond acceptors (Lipinski definition) is 6. The molecule has 3 rings (SSSR count). The highest BCUT2D eigenvalue weighted by Crippen LogP contribution is 2.35. The van der Waals surface area contributed by atoms with E-state index in [0.29, 0.717) is 0 Å². The highest BCUT2D eigenvalue weighted by atomic mass is 32.2. The van der Waals surface area contributed by atoms with Gasteiger partial charge in [-0.15, -0.1) is 0 Å². The number of halogens is 3. The molecule has 10 heteroatoms. The van der Waals surface area contributed by atoms with Crippen LogP contribution in [0.3, 0.4) is 0 Å². The lowest BCUT2D eigenvalue weighted by atomic mass is 10.0. The number of alkyl halides is 3. The minimum absolute atomic E-state index is 0.964. The molecular weight excluding hydrogens is 399 g/mol. The van der Waals surface area contributed by atoms with E-state index in [9.17, 15) is 26.4 Å². The summed E-state index contributed by atoms with van der Waals surface area (Å²) in [5, 5.41) is 0. The van der Waals surface area contributed by atoms with Crippen LogP contribution in [-0.2, 0) is 35.7 Å².